The number of rotatable bonds is 8. The van der Waals surface area contributed by atoms with E-state index in [4.69, 9.17) is 7.73 Å². The molecule has 0 saturated carbocycles. The molecule has 6 heteroatoms. The van der Waals surface area contributed by atoms with Gasteiger partial charge in [0.15, 0.2) is 5.78 Å². The average molecular weight is 773 g/mol. The second-order valence-electron chi connectivity index (χ2n) is 13.2. The van der Waals surface area contributed by atoms with Crippen molar-refractivity contribution in [2.75, 3.05) is 0 Å². The molecule has 2 heterocycles. The number of hydrogen-bond donors (Lipinski definition) is 1. The number of pyridine rings is 1. The standard InChI is InChI=1S/C25H24N3.C13H24O2.Ir/c1-24(2,3)14-15-10-17-6-8-26-23-18-13-21-16(7-9-27-28-21)12-19(18)25(4,5)20(11-15)22(17)23;1-5-10(6-2)12(14)9-13(15)11(7-3)8-4;/h6-12H,14H2,1-5H3;9-11,14H,5-8H2,1-4H3;/q-1;;/b;12-9-;/i14D2;;. The van der Waals surface area contributed by atoms with Crippen molar-refractivity contribution in [2.24, 2.45) is 17.3 Å². The second-order valence-corrected chi connectivity index (χ2v) is 13.2. The number of benzene rings is 2. The van der Waals surface area contributed by atoms with Crippen molar-refractivity contribution in [3.8, 4) is 11.3 Å². The van der Waals surface area contributed by atoms with E-state index in [1.165, 1.54) is 6.08 Å². The first-order chi connectivity index (χ1) is 21.1. The van der Waals surface area contributed by atoms with E-state index < -0.39 is 11.8 Å². The Kier molecular flexibility index (Phi) is 10.6. The summed E-state index contributed by atoms with van der Waals surface area (Å²) in [5.41, 5.74) is 4.66. The predicted octanol–water partition coefficient (Wildman–Crippen LogP) is 9.74. The van der Waals surface area contributed by atoms with Crippen LogP contribution in [0.2, 0.25) is 0 Å². The van der Waals surface area contributed by atoms with Crippen LogP contribution in [0.25, 0.3) is 32.9 Å². The van der Waals surface area contributed by atoms with Crippen LogP contribution in [0, 0.1) is 23.3 Å². The van der Waals surface area contributed by atoms with E-state index >= 15 is 0 Å². The van der Waals surface area contributed by atoms with Gasteiger partial charge < -0.3 is 10.1 Å². The quantitative estimate of drug-likeness (QED) is 0.110. The molecule has 4 aromatic rings. The number of fused-ring (bicyclic) bond motifs is 3. The van der Waals surface area contributed by atoms with Gasteiger partial charge in [0.25, 0.3) is 0 Å². The van der Waals surface area contributed by atoms with Gasteiger partial charge in [0.2, 0.25) is 0 Å². The molecule has 0 spiro atoms. The van der Waals surface area contributed by atoms with Crippen LogP contribution in [-0.4, -0.2) is 26.1 Å². The molecule has 0 fully saturated rings. The molecule has 0 aliphatic heterocycles. The molecular formula is C38H48IrN3O2-. The molecule has 0 saturated heterocycles. The van der Waals surface area contributed by atoms with Gasteiger partial charge in [0, 0.05) is 58.7 Å². The number of nitrogens with zero attached hydrogens (tertiary/aromatic N) is 3. The Hall–Kier alpha value is -2.95. The fraction of sp³-hybridized carbons (Fsp3) is 0.474. The van der Waals surface area contributed by atoms with Gasteiger partial charge in [-0.1, -0.05) is 85.9 Å². The number of hydrogen-bond acceptors (Lipinski definition) is 5. The molecule has 2 aromatic heterocycles. The third-order valence-electron chi connectivity index (χ3n) is 8.61. The molecular weight excluding hydrogens is 723 g/mol. The Morgan fingerprint density at radius 3 is 2.23 bits per heavy atom. The fourth-order valence-corrected chi connectivity index (χ4v) is 6.08. The van der Waals surface area contributed by atoms with Gasteiger partial charge in [-0.05, 0) is 76.5 Å². The third-order valence-corrected chi connectivity index (χ3v) is 8.61. The monoisotopic (exact) mass is 773 g/mol. The van der Waals surface area contributed by atoms with Crippen LogP contribution in [0.3, 0.4) is 0 Å². The number of aliphatic hydroxyl groups is 1. The van der Waals surface area contributed by atoms with E-state index in [9.17, 15) is 9.90 Å². The molecule has 1 N–H and O–H groups in total. The SMILES string of the molecule is CCC(CC)C(=O)/C=C(\O)C(CC)CC.[2H]C([2H])(c1cc2c3c(nccc3c1)-c1[c-]c3nnccc3cc1C2(C)C)C(C)(C)C.[Ir]. The smallest absolute Gasteiger partial charge is 0.162 e. The van der Waals surface area contributed by atoms with Gasteiger partial charge in [-0.15, -0.1) is 23.3 Å². The van der Waals surface area contributed by atoms with Crippen molar-refractivity contribution >= 4 is 27.5 Å². The maximum absolute atomic E-state index is 11.7. The van der Waals surface area contributed by atoms with Crippen molar-refractivity contribution in [3.63, 3.8) is 0 Å². The molecule has 5 nitrogen and oxygen atoms in total. The van der Waals surface area contributed by atoms with Gasteiger partial charge >= 0.3 is 0 Å². The molecule has 0 atom stereocenters. The summed E-state index contributed by atoms with van der Waals surface area (Å²) in [7, 11) is 0. The Morgan fingerprint density at radius 2 is 1.61 bits per heavy atom. The molecule has 5 rings (SSSR count). The number of carbonyl (C=O) groups is 1. The Labute approximate surface area is 280 Å². The third kappa shape index (κ3) is 7.46. The van der Waals surface area contributed by atoms with E-state index in [2.05, 4.69) is 42.2 Å². The number of allylic oxidation sites excluding steroid dienone is 2. The molecule has 44 heavy (non-hydrogen) atoms. The van der Waals surface area contributed by atoms with E-state index in [1.807, 2.05) is 66.7 Å². The average Bonchev–Trinajstić information content (AvgIpc) is 3.00. The van der Waals surface area contributed by atoms with Gasteiger partial charge in [-0.25, -0.2) is 0 Å². The Bertz CT molecular complexity index is 1740. The van der Waals surface area contributed by atoms with E-state index in [0.29, 0.717) is 5.56 Å². The maximum atomic E-state index is 11.7. The number of ketones is 1. The van der Waals surface area contributed by atoms with Crippen LogP contribution in [0.4, 0.5) is 0 Å². The van der Waals surface area contributed by atoms with Crippen LogP contribution in [0.5, 0.6) is 0 Å². The zero-order chi connectivity index (χ0) is 33.3. The summed E-state index contributed by atoms with van der Waals surface area (Å²) in [6.07, 6.45) is 6.93. The largest absolute Gasteiger partial charge is 0.512 e. The van der Waals surface area contributed by atoms with Crippen LogP contribution >= 0.6 is 0 Å². The topological polar surface area (TPSA) is 76.0 Å². The second kappa shape index (κ2) is 14.4. The van der Waals surface area contributed by atoms with Crippen molar-refractivity contribution < 1.29 is 32.7 Å². The van der Waals surface area contributed by atoms with Crippen LogP contribution < -0.4 is 0 Å². The van der Waals surface area contributed by atoms with Gasteiger partial charge in [0.1, 0.15) is 0 Å². The zero-order valence-corrected chi connectivity index (χ0v) is 30.0. The van der Waals surface area contributed by atoms with Crippen LogP contribution in [-0.2, 0) is 36.7 Å². The molecule has 0 unspecified atom stereocenters. The van der Waals surface area contributed by atoms with Gasteiger partial charge in [-0.3, -0.25) is 4.79 Å². The van der Waals surface area contributed by atoms with Crippen molar-refractivity contribution in [3.05, 3.63) is 77.3 Å². The number of aliphatic hydroxyl groups excluding tert-OH is 1. The molecule has 1 aliphatic carbocycles. The minimum absolute atomic E-state index is 0. The van der Waals surface area contributed by atoms with Crippen molar-refractivity contribution in [1.82, 2.24) is 15.2 Å². The van der Waals surface area contributed by atoms with E-state index in [1.54, 1.807) is 12.4 Å². The van der Waals surface area contributed by atoms with Crippen LogP contribution in [0.1, 0.15) is 107 Å². The summed E-state index contributed by atoms with van der Waals surface area (Å²) in [4.78, 5) is 16.4. The summed E-state index contributed by atoms with van der Waals surface area (Å²) in [6, 6.07) is 13.6. The first-order valence-electron chi connectivity index (χ1n) is 16.7. The molecule has 0 bridgehead atoms. The molecule has 1 radical (unpaired) electrons. The Morgan fingerprint density at radius 1 is 0.977 bits per heavy atom. The number of carbonyl (C=O) groups excluding carboxylic acids is 1. The predicted molar refractivity (Wildman–Crippen MR) is 178 cm³/mol. The Balaban J connectivity index is 0.000000309. The zero-order valence-electron chi connectivity index (χ0n) is 29.6. The normalized spacial score (nSPS) is 14.8. The van der Waals surface area contributed by atoms with E-state index in [0.717, 1.165) is 69.7 Å². The number of aromatic nitrogens is 3. The fourth-order valence-electron chi connectivity index (χ4n) is 6.08. The van der Waals surface area contributed by atoms with E-state index in [-0.39, 0.29) is 48.9 Å². The first-order valence-corrected chi connectivity index (χ1v) is 15.7. The maximum Gasteiger partial charge on any atom is 0.162 e. The van der Waals surface area contributed by atoms with Gasteiger partial charge in [0.05, 0.1) is 5.76 Å². The molecule has 1 aliphatic rings. The minimum atomic E-state index is -1.47. The van der Waals surface area contributed by atoms with Crippen molar-refractivity contribution in [2.45, 2.75) is 99.8 Å². The summed E-state index contributed by atoms with van der Waals surface area (Å²) >= 11 is 0. The summed E-state index contributed by atoms with van der Waals surface area (Å²) < 4.78 is 17.7. The van der Waals surface area contributed by atoms with Crippen LogP contribution in [0.15, 0.2) is 54.6 Å². The molecule has 237 valence electrons. The van der Waals surface area contributed by atoms with Gasteiger partial charge in [-0.2, -0.15) is 10.2 Å². The first kappa shape index (κ1) is 32.4. The van der Waals surface area contributed by atoms with Crippen molar-refractivity contribution in [1.29, 1.82) is 0 Å². The summed E-state index contributed by atoms with van der Waals surface area (Å²) in [6.45, 7) is 18.3. The minimum Gasteiger partial charge on any atom is -0.512 e. The molecule has 2 aromatic carbocycles. The summed E-state index contributed by atoms with van der Waals surface area (Å²) in [5, 5.41) is 21.1. The molecule has 0 amide bonds. The summed E-state index contributed by atoms with van der Waals surface area (Å²) in [5.74, 6) is 0.547.